The maximum absolute atomic E-state index is 6.48. The lowest BCUT2D eigenvalue weighted by atomic mass is 10.1. The molecule has 1 aromatic carbocycles. The minimum Gasteiger partial charge on any atom is -0.314 e. The molecule has 2 aliphatic rings. The topological polar surface area (TPSA) is 18.5 Å². The van der Waals surface area contributed by atoms with Crippen molar-refractivity contribution < 1.29 is 0 Å². The zero-order valence-electron chi connectivity index (χ0n) is 12.8. The van der Waals surface area contributed by atoms with Crippen molar-refractivity contribution in [1.82, 2.24) is 15.1 Å². The van der Waals surface area contributed by atoms with E-state index in [-0.39, 0.29) is 0 Å². The Morgan fingerprint density at radius 3 is 2.48 bits per heavy atom. The van der Waals surface area contributed by atoms with Crippen molar-refractivity contribution in [2.24, 2.45) is 0 Å². The summed E-state index contributed by atoms with van der Waals surface area (Å²) in [5, 5.41) is 4.34. The van der Waals surface area contributed by atoms with Crippen LogP contribution in [0.4, 0.5) is 0 Å². The van der Waals surface area contributed by atoms with Gasteiger partial charge in [0, 0.05) is 44.3 Å². The van der Waals surface area contributed by atoms with E-state index in [4.69, 9.17) is 11.6 Å². The van der Waals surface area contributed by atoms with Crippen molar-refractivity contribution in [3.8, 4) is 0 Å². The molecular formula is C17H26ClN3. The van der Waals surface area contributed by atoms with Crippen LogP contribution in [0.15, 0.2) is 18.2 Å². The number of nitrogens with one attached hydrogen (secondary N) is 1. The molecule has 0 saturated carbocycles. The predicted octanol–water partition coefficient (Wildman–Crippen LogP) is 2.38. The molecule has 1 aromatic rings. The highest BCUT2D eigenvalue weighted by Crippen LogP contribution is 2.22. The van der Waals surface area contributed by atoms with Crippen molar-refractivity contribution in [1.29, 1.82) is 0 Å². The summed E-state index contributed by atoms with van der Waals surface area (Å²) in [5.41, 5.74) is 2.65. The number of benzene rings is 1. The second-order valence-corrected chi connectivity index (χ2v) is 6.66. The molecule has 3 rings (SSSR count). The monoisotopic (exact) mass is 307 g/mol. The Bertz CT molecular complexity index is 451. The molecular weight excluding hydrogens is 282 g/mol. The number of hydrogen-bond acceptors (Lipinski definition) is 3. The molecule has 21 heavy (non-hydrogen) atoms. The SMILES string of the molecule is Clc1cc(CCN2CCNCC2)ccc1CN1CCCC1. The van der Waals surface area contributed by atoms with Gasteiger partial charge in [0.05, 0.1) is 0 Å². The minimum absolute atomic E-state index is 0.944. The van der Waals surface area contributed by atoms with E-state index < -0.39 is 0 Å². The van der Waals surface area contributed by atoms with E-state index in [0.29, 0.717) is 0 Å². The van der Waals surface area contributed by atoms with Gasteiger partial charge in [-0.15, -0.1) is 0 Å². The number of piperazine rings is 1. The van der Waals surface area contributed by atoms with Crippen LogP contribution in [0.3, 0.4) is 0 Å². The lowest BCUT2D eigenvalue weighted by Crippen LogP contribution is -2.44. The van der Waals surface area contributed by atoms with E-state index in [1.54, 1.807) is 0 Å². The van der Waals surface area contributed by atoms with Crippen molar-refractivity contribution in [2.75, 3.05) is 45.8 Å². The Morgan fingerprint density at radius 1 is 1.00 bits per heavy atom. The van der Waals surface area contributed by atoms with Crippen LogP contribution < -0.4 is 5.32 Å². The van der Waals surface area contributed by atoms with Gasteiger partial charge in [-0.2, -0.15) is 0 Å². The highest BCUT2D eigenvalue weighted by Gasteiger charge is 2.14. The Morgan fingerprint density at radius 2 is 1.76 bits per heavy atom. The van der Waals surface area contributed by atoms with E-state index in [0.717, 1.165) is 37.6 Å². The molecule has 2 saturated heterocycles. The molecule has 0 unspecified atom stereocenters. The summed E-state index contributed by atoms with van der Waals surface area (Å²) in [6, 6.07) is 6.67. The minimum atomic E-state index is 0.944. The molecule has 2 heterocycles. The quantitative estimate of drug-likeness (QED) is 0.901. The molecule has 2 fully saturated rings. The molecule has 4 heteroatoms. The van der Waals surface area contributed by atoms with Gasteiger partial charge in [0.15, 0.2) is 0 Å². The summed E-state index contributed by atoms with van der Waals surface area (Å²) >= 11 is 6.48. The second kappa shape index (κ2) is 7.59. The Labute approximate surface area is 133 Å². The zero-order valence-corrected chi connectivity index (χ0v) is 13.5. The maximum atomic E-state index is 6.48. The number of halogens is 1. The summed E-state index contributed by atoms with van der Waals surface area (Å²) in [4.78, 5) is 5.03. The highest BCUT2D eigenvalue weighted by atomic mass is 35.5. The van der Waals surface area contributed by atoms with E-state index in [2.05, 4.69) is 33.3 Å². The maximum Gasteiger partial charge on any atom is 0.0453 e. The van der Waals surface area contributed by atoms with Crippen LogP contribution in [0.2, 0.25) is 5.02 Å². The normalized spacial score (nSPS) is 21.0. The van der Waals surface area contributed by atoms with Gasteiger partial charge in [-0.1, -0.05) is 23.7 Å². The molecule has 0 bridgehead atoms. The first-order valence-electron chi connectivity index (χ1n) is 8.24. The van der Waals surface area contributed by atoms with Gasteiger partial charge in [-0.25, -0.2) is 0 Å². The molecule has 0 radical (unpaired) electrons. The average molecular weight is 308 g/mol. The fourth-order valence-electron chi connectivity index (χ4n) is 3.28. The largest absolute Gasteiger partial charge is 0.314 e. The molecule has 1 N–H and O–H groups in total. The number of hydrogen-bond donors (Lipinski definition) is 1. The smallest absolute Gasteiger partial charge is 0.0453 e. The molecule has 0 aromatic heterocycles. The van der Waals surface area contributed by atoms with Crippen LogP contribution in [0.25, 0.3) is 0 Å². The van der Waals surface area contributed by atoms with Gasteiger partial charge in [0.25, 0.3) is 0 Å². The van der Waals surface area contributed by atoms with Crippen molar-refractivity contribution in [3.05, 3.63) is 34.3 Å². The first kappa shape index (κ1) is 15.3. The zero-order chi connectivity index (χ0) is 14.5. The predicted molar refractivity (Wildman–Crippen MR) is 89.0 cm³/mol. The number of nitrogens with zero attached hydrogens (tertiary/aromatic N) is 2. The number of rotatable bonds is 5. The molecule has 116 valence electrons. The molecule has 0 atom stereocenters. The van der Waals surface area contributed by atoms with E-state index in [9.17, 15) is 0 Å². The van der Waals surface area contributed by atoms with Gasteiger partial charge in [0.1, 0.15) is 0 Å². The van der Waals surface area contributed by atoms with E-state index >= 15 is 0 Å². The second-order valence-electron chi connectivity index (χ2n) is 6.25. The fraction of sp³-hybridized carbons (Fsp3) is 0.647. The molecule has 2 aliphatic heterocycles. The summed E-state index contributed by atoms with van der Waals surface area (Å²) in [6.07, 6.45) is 3.77. The van der Waals surface area contributed by atoms with Crippen LogP contribution in [-0.2, 0) is 13.0 Å². The molecule has 0 aliphatic carbocycles. The number of likely N-dealkylation sites (tertiary alicyclic amines) is 1. The molecule has 0 spiro atoms. The van der Waals surface area contributed by atoms with E-state index in [1.807, 2.05) is 0 Å². The Kier molecular flexibility index (Phi) is 5.53. The first-order valence-corrected chi connectivity index (χ1v) is 8.62. The van der Waals surface area contributed by atoms with Crippen LogP contribution in [0.1, 0.15) is 24.0 Å². The van der Waals surface area contributed by atoms with Crippen molar-refractivity contribution in [3.63, 3.8) is 0 Å². The van der Waals surface area contributed by atoms with Crippen LogP contribution in [0, 0.1) is 0 Å². The summed E-state index contributed by atoms with van der Waals surface area (Å²) in [5.74, 6) is 0. The van der Waals surface area contributed by atoms with Crippen LogP contribution >= 0.6 is 11.6 Å². The van der Waals surface area contributed by atoms with Crippen LogP contribution in [-0.4, -0.2) is 55.6 Å². The Hall–Kier alpha value is -0.610. The summed E-state index contributed by atoms with van der Waals surface area (Å²) < 4.78 is 0. The van der Waals surface area contributed by atoms with E-state index in [1.165, 1.54) is 50.1 Å². The first-order chi connectivity index (χ1) is 10.3. The van der Waals surface area contributed by atoms with Gasteiger partial charge in [-0.3, -0.25) is 4.90 Å². The standard InChI is InChI=1S/C17H26ClN3/c18-17-13-15(5-10-20-11-6-19-7-12-20)3-4-16(17)14-21-8-1-2-9-21/h3-4,13,19H,1-2,5-12,14H2. The van der Waals surface area contributed by atoms with Gasteiger partial charge < -0.3 is 10.2 Å². The van der Waals surface area contributed by atoms with Gasteiger partial charge >= 0.3 is 0 Å². The third-order valence-corrected chi connectivity index (χ3v) is 4.99. The average Bonchev–Trinajstić information content (AvgIpc) is 3.02. The Balaban J connectivity index is 1.53. The third-order valence-electron chi connectivity index (χ3n) is 4.64. The third kappa shape index (κ3) is 4.43. The molecule has 3 nitrogen and oxygen atoms in total. The summed E-state index contributed by atoms with van der Waals surface area (Å²) in [6.45, 7) is 9.18. The van der Waals surface area contributed by atoms with Crippen molar-refractivity contribution in [2.45, 2.75) is 25.8 Å². The molecule has 0 amide bonds. The lowest BCUT2D eigenvalue weighted by molar-refractivity contribution is 0.244. The van der Waals surface area contributed by atoms with Crippen LogP contribution in [0.5, 0.6) is 0 Å². The highest BCUT2D eigenvalue weighted by molar-refractivity contribution is 6.31. The fourth-order valence-corrected chi connectivity index (χ4v) is 3.54. The van der Waals surface area contributed by atoms with Gasteiger partial charge in [-0.05, 0) is 49.5 Å². The van der Waals surface area contributed by atoms with Crippen molar-refractivity contribution >= 4 is 11.6 Å². The lowest BCUT2D eigenvalue weighted by Gasteiger charge is -2.27. The van der Waals surface area contributed by atoms with Gasteiger partial charge in [0.2, 0.25) is 0 Å². The summed E-state index contributed by atoms with van der Waals surface area (Å²) in [7, 11) is 0.